The van der Waals surface area contributed by atoms with Gasteiger partial charge < -0.3 is 0 Å². The smallest absolute Gasteiger partial charge is 0.0692 e. The molecule has 0 unspecified atom stereocenters. The summed E-state index contributed by atoms with van der Waals surface area (Å²) in [4.78, 5) is 0. The van der Waals surface area contributed by atoms with Gasteiger partial charge in [-0.25, -0.2) is 0 Å². The first kappa shape index (κ1) is 7.60. The van der Waals surface area contributed by atoms with Gasteiger partial charge in [-0.3, -0.25) is 0 Å². The van der Waals surface area contributed by atoms with Gasteiger partial charge in [-0.15, -0.1) is 0 Å². The summed E-state index contributed by atoms with van der Waals surface area (Å²) in [7, 11) is 0. The highest BCUT2D eigenvalue weighted by atomic mass is 14.5. The maximum Gasteiger partial charge on any atom is 0.0692 e. The summed E-state index contributed by atoms with van der Waals surface area (Å²) in [6.45, 7) is 6.37. The number of nitrogens with zero attached hydrogens (tertiary/aromatic N) is 1. The molecule has 10 heavy (non-hydrogen) atoms. The Morgan fingerprint density at radius 1 is 1.50 bits per heavy atom. The molecule has 0 bridgehead atoms. The fourth-order valence-electron chi connectivity index (χ4n) is 1.37. The maximum atomic E-state index is 8.92. The molecule has 1 aliphatic rings. The number of hydrogen-bond acceptors (Lipinski definition) is 1. The van der Waals surface area contributed by atoms with Gasteiger partial charge in [-0.1, -0.05) is 13.8 Å². The van der Waals surface area contributed by atoms with Crippen LogP contribution in [-0.4, -0.2) is 0 Å². The zero-order valence-corrected chi connectivity index (χ0v) is 7.02. The zero-order valence-electron chi connectivity index (χ0n) is 7.02. The SMILES string of the molecule is CC(C)[C@@](C)(C#N)C1CC1. The van der Waals surface area contributed by atoms with E-state index in [2.05, 4.69) is 26.8 Å². The Hall–Kier alpha value is -0.510. The van der Waals surface area contributed by atoms with E-state index in [0.717, 1.165) is 0 Å². The van der Waals surface area contributed by atoms with Crippen molar-refractivity contribution < 1.29 is 0 Å². The van der Waals surface area contributed by atoms with E-state index >= 15 is 0 Å². The highest BCUT2D eigenvalue weighted by molar-refractivity contribution is 5.06. The summed E-state index contributed by atoms with van der Waals surface area (Å²) in [6.07, 6.45) is 2.53. The van der Waals surface area contributed by atoms with Crippen molar-refractivity contribution in [1.82, 2.24) is 0 Å². The zero-order chi connectivity index (χ0) is 7.78. The molecule has 1 fully saturated rings. The molecule has 0 aromatic rings. The van der Waals surface area contributed by atoms with E-state index in [9.17, 15) is 0 Å². The Morgan fingerprint density at radius 2 is 2.00 bits per heavy atom. The molecule has 0 saturated heterocycles. The van der Waals surface area contributed by atoms with E-state index in [4.69, 9.17) is 5.26 Å². The lowest BCUT2D eigenvalue weighted by molar-refractivity contribution is 0.265. The summed E-state index contributed by atoms with van der Waals surface area (Å²) in [6, 6.07) is 2.44. The summed E-state index contributed by atoms with van der Waals surface area (Å²) < 4.78 is 0. The monoisotopic (exact) mass is 137 g/mol. The second kappa shape index (κ2) is 2.27. The van der Waals surface area contributed by atoms with Crippen molar-refractivity contribution in [3.8, 4) is 6.07 Å². The molecule has 0 heterocycles. The largest absolute Gasteiger partial charge is 0.198 e. The second-order valence-electron chi connectivity index (χ2n) is 3.82. The molecular formula is C9H15N. The minimum absolute atomic E-state index is 0.0417. The van der Waals surface area contributed by atoms with E-state index in [-0.39, 0.29) is 5.41 Å². The highest BCUT2D eigenvalue weighted by Crippen LogP contribution is 2.49. The van der Waals surface area contributed by atoms with Crippen LogP contribution >= 0.6 is 0 Å². The van der Waals surface area contributed by atoms with Crippen LogP contribution in [0.3, 0.4) is 0 Å². The number of rotatable bonds is 2. The fourth-order valence-corrected chi connectivity index (χ4v) is 1.37. The van der Waals surface area contributed by atoms with Gasteiger partial charge in [-0.2, -0.15) is 5.26 Å². The topological polar surface area (TPSA) is 23.8 Å². The van der Waals surface area contributed by atoms with Crippen LogP contribution in [0.1, 0.15) is 33.6 Å². The molecule has 1 rings (SSSR count). The van der Waals surface area contributed by atoms with E-state index in [1.54, 1.807) is 0 Å². The average molecular weight is 137 g/mol. The molecule has 0 aromatic heterocycles. The molecule has 0 N–H and O–H groups in total. The molecule has 1 aliphatic carbocycles. The lowest BCUT2D eigenvalue weighted by Gasteiger charge is -2.25. The van der Waals surface area contributed by atoms with Crippen molar-refractivity contribution in [3.05, 3.63) is 0 Å². The summed E-state index contributed by atoms with van der Waals surface area (Å²) in [5.41, 5.74) is -0.0417. The Labute approximate surface area is 63.0 Å². The first-order valence-corrected chi connectivity index (χ1v) is 4.02. The van der Waals surface area contributed by atoms with Gasteiger partial charge in [-0.05, 0) is 31.6 Å². The van der Waals surface area contributed by atoms with Crippen LogP contribution < -0.4 is 0 Å². The molecule has 1 heteroatoms. The fraction of sp³-hybridized carbons (Fsp3) is 0.889. The van der Waals surface area contributed by atoms with Crippen LogP contribution in [0.5, 0.6) is 0 Å². The van der Waals surface area contributed by atoms with Crippen molar-refractivity contribution in [2.75, 3.05) is 0 Å². The first-order valence-electron chi connectivity index (χ1n) is 4.02. The third kappa shape index (κ3) is 1.03. The van der Waals surface area contributed by atoms with Crippen LogP contribution in [0.4, 0.5) is 0 Å². The third-order valence-electron chi connectivity index (χ3n) is 2.87. The molecule has 56 valence electrons. The minimum Gasteiger partial charge on any atom is -0.198 e. The molecule has 1 atom stereocenters. The predicted octanol–water partition coefficient (Wildman–Crippen LogP) is 2.58. The van der Waals surface area contributed by atoms with Crippen LogP contribution in [-0.2, 0) is 0 Å². The molecule has 0 amide bonds. The summed E-state index contributed by atoms with van der Waals surface area (Å²) >= 11 is 0. The van der Waals surface area contributed by atoms with E-state index in [1.165, 1.54) is 12.8 Å². The lowest BCUT2D eigenvalue weighted by atomic mass is 9.76. The third-order valence-corrected chi connectivity index (χ3v) is 2.87. The Kier molecular flexibility index (Phi) is 1.72. The van der Waals surface area contributed by atoms with Gasteiger partial charge in [0.15, 0.2) is 0 Å². The standard InChI is InChI=1S/C9H15N/c1-7(2)9(3,6-10)8-4-5-8/h7-8H,4-5H2,1-3H3/t9-/m1/s1. The Balaban J connectivity index is 2.68. The van der Waals surface area contributed by atoms with Gasteiger partial charge >= 0.3 is 0 Å². The average Bonchev–Trinajstić information content (AvgIpc) is 2.67. The van der Waals surface area contributed by atoms with Crippen LogP contribution in [0.25, 0.3) is 0 Å². The van der Waals surface area contributed by atoms with Gasteiger partial charge in [0, 0.05) is 0 Å². The lowest BCUT2D eigenvalue weighted by Crippen LogP contribution is -2.23. The predicted molar refractivity (Wildman–Crippen MR) is 41.3 cm³/mol. The second-order valence-corrected chi connectivity index (χ2v) is 3.82. The summed E-state index contributed by atoms with van der Waals surface area (Å²) in [5, 5.41) is 8.92. The molecule has 1 nitrogen and oxygen atoms in total. The van der Waals surface area contributed by atoms with Crippen LogP contribution in [0, 0.1) is 28.6 Å². The Morgan fingerprint density at radius 3 is 2.10 bits per heavy atom. The summed E-state index contributed by atoms with van der Waals surface area (Å²) in [5.74, 6) is 1.20. The highest BCUT2D eigenvalue weighted by Gasteiger charge is 2.43. The normalized spacial score (nSPS) is 23.9. The minimum atomic E-state index is -0.0417. The van der Waals surface area contributed by atoms with Crippen molar-refractivity contribution in [1.29, 1.82) is 5.26 Å². The van der Waals surface area contributed by atoms with E-state index in [1.807, 2.05) is 0 Å². The van der Waals surface area contributed by atoms with E-state index < -0.39 is 0 Å². The first-order chi connectivity index (χ1) is 4.61. The maximum absolute atomic E-state index is 8.92. The number of hydrogen-bond donors (Lipinski definition) is 0. The molecule has 0 radical (unpaired) electrons. The molecule has 1 saturated carbocycles. The molecular weight excluding hydrogens is 122 g/mol. The quantitative estimate of drug-likeness (QED) is 0.574. The molecule has 0 aliphatic heterocycles. The number of nitriles is 1. The van der Waals surface area contributed by atoms with Gasteiger partial charge in [0.2, 0.25) is 0 Å². The molecule has 0 aromatic carbocycles. The van der Waals surface area contributed by atoms with Crippen molar-refractivity contribution in [3.63, 3.8) is 0 Å². The van der Waals surface area contributed by atoms with Crippen molar-refractivity contribution in [2.45, 2.75) is 33.6 Å². The van der Waals surface area contributed by atoms with Gasteiger partial charge in [0.25, 0.3) is 0 Å². The van der Waals surface area contributed by atoms with Gasteiger partial charge in [0.1, 0.15) is 0 Å². The Bertz CT molecular complexity index is 158. The molecule has 0 spiro atoms. The van der Waals surface area contributed by atoms with Gasteiger partial charge in [0.05, 0.1) is 11.5 Å². The van der Waals surface area contributed by atoms with Crippen LogP contribution in [0.15, 0.2) is 0 Å². The van der Waals surface area contributed by atoms with Crippen LogP contribution in [0.2, 0.25) is 0 Å². The van der Waals surface area contributed by atoms with Crippen molar-refractivity contribution >= 4 is 0 Å². The van der Waals surface area contributed by atoms with E-state index in [0.29, 0.717) is 11.8 Å². The van der Waals surface area contributed by atoms with Crippen molar-refractivity contribution in [2.24, 2.45) is 17.3 Å².